The number of aliphatic hydroxyl groups is 1. The summed E-state index contributed by atoms with van der Waals surface area (Å²) in [6.07, 6.45) is 0.560. The van der Waals surface area contributed by atoms with E-state index in [1.54, 1.807) is 0 Å². The Kier molecular flexibility index (Phi) is 8.44. The predicted octanol–water partition coefficient (Wildman–Crippen LogP) is 1.09. The lowest BCUT2D eigenvalue weighted by atomic mass is 10.1. The van der Waals surface area contributed by atoms with Crippen LogP contribution in [0.5, 0.6) is 11.5 Å². The first-order valence-electron chi connectivity index (χ1n) is 9.08. The van der Waals surface area contributed by atoms with Crippen molar-refractivity contribution in [2.75, 3.05) is 27.4 Å². The van der Waals surface area contributed by atoms with E-state index in [2.05, 4.69) is 10.0 Å². The quantitative estimate of drug-likeness (QED) is 0.467. The van der Waals surface area contributed by atoms with Gasteiger partial charge in [0.05, 0.1) is 19.1 Å². The standard InChI is InChI=1S/C20H26N2O6S/c1-27-18-10-9-16(14-19(18)28-2)29(25,26)22-17(20(24)21-11-6-12-23)13-15-7-4-3-5-8-15/h3-5,7-10,14,17,22-23H,6,11-13H2,1-2H3,(H,21,24)/t17-/m0/s1. The van der Waals surface area contributed by atoms with Crippen LogP contribution in [0.25, 0.3) is 0 Å². The minimum Gasteiger partial charge on any atom is -0.493 e. The third-order valence-electron chi connectivity index (χ3n) is 4.20. The number of methoxy groups -OCH3 is 2. The molecule has 2 aromatic carbocycles. The first-order chi connectivity index (χ1) is 13.9. The summed E-state index contributed by atoms with van der Waals surface area (Å²) < 4.78 is 38.6. The molecule has 0 saturated heterocycles. The molecule has 1 amide bonds. The maximum absolute atomic E-state index is 12.9. The molecule has 2 rings (SSSR count). The van der Waals surface area contributed by atoms with E-state index in [1.807, 2.05) is 30.3 Å². The van der Waals surface area contributed by atoms with Crippen LogP contribution < -0.4 is 19.5 Å². The van der Waals surface area contributed by atoms with Crippen LogP contribution in [0.2, 0.25) is 0 Å². The first-order valence-corrected chi connectivity index (χ1v) is 10.6. The van der Waals surface area contributed by atoms with Crippen molar-refractivity contribution in [3.05, 3.63) is 54.1 Å². The molecule has 0 radical (unpaired) electrons. The van der Waals surface area contributed by atoms with E-state index < -0.39 is 22.0 Å². The van der Waals surface area contributed by atoms with E-state index >= 15 is 0 Å². The molecule has 0 fully saturated rings. The maximum Gasteiger partial charge on any atom is 0.241 e. The number of amides is 1. The average Bonchev–Trinajstić information content (AvgIpc) is 2.73. The Morgan fingerprint density at radius 1 is 1.07 bits per heavy atom. The third kappa shape index (κ3) is 6.45. The number of sulfonamides is 1. The van der Waals surface area contributed by atoms with Crippen LogP contribution in [0, 0.1) is 0 Å². The summed E-state index contributed by atoms with van der Waals surface area (Å²) in [6.45, 7) is 0.180. The summed E-state index contributed by atoms with van der Waals surface area (Å²) >= 11 is 0. The van der Waals surface area contributed by atoms with Gasteiger partial charge in [0.2, 0.25) is 15.9 Å². The minimum atomic E-state index is -4.01. The lowest BCUT2D eigenvalue weighted by molar-refractivity contribution is -0.122. The fourth-order valence-corrected chi connectivity index (χ4v) is 3.90. The molecule has 0 aliphatic rings. The molecule has 0 bridgehead atoms. The molecule has 0 heterocycles. The van der Waals surface area contributed by atoms with Crippen molar-refractivity contribution in [2.24, 2.45) is 0 Å². The molecule has 0 spiro atoms. The van der Waals surface area contributed by atoms with E-state index in [0.717, 1.165) is 5.56 Å². The van der Waals surface area contributed by atoms with Crippen molar-refractivity contribution < 1.29 is 27.8 Å². The van der Waals surface area contributed by atoms with Gasteiger partial charge in [0, 0.05) is 19.2 Å². The molecule has 0 aliphatic carbocycles. The molecule has 8 nitrogen and oxygen atoms in total. The molecular weight excluding hydrogens is 396 g/mol. The summed E-state index contributed by atoms with van der Waals surface area (Å²) in [6, 6.07) is 12.3. The highest BCUT2D eigenvalue weighted by Crippen LogP contribution is 2.29. The molecular formula is C20H26N2O6S. The Balaban J connectivity index is 2.26. The van der Waals surface area contributed by atoms with Crippen molar-refractivity contribution in [3.63, 3.8) is 0 Å². The largest absolute Gasteiger partial charge is 0.493 e. The number of hydrogen-bond acceptors (Lipinski definition) is 6. The highest BCUT2D eigenvalue weighted by atomic mass is 32.2. The third-order valence-corrected chi connectivity index (χ3v) is 5.67. The average molecular weight is 423 g/mol. The summed E-state index contributed by atoms with van der Waals surface area (Å²) in [5, 5.41) is 11.5. The molecule has 0 aliphatic heterocycles. The molecule has 2 aromatic rings. The Hall–Kier alpha value is -2.62. The minimum absolute atomic E-state index is 0.0450. The highest BCUT2D eigenvalue weighted by molar-refractivity contribution is 7.89. The van der Waals surface area contributed by atoms with Gasteiger partial charge in [-0.1, -0.05) is 30.3 Å². The van der Waals surface area contributed by atoms with E-state index in [0.29, 0.717) is 12.2 Å². The number of carbonyl (C=O) groups excluding carboxylic acids is 1. The SMILES string of the molecule is COc1ccc(S(=O)(=O)N[C@@H](Cc2ccccc2)C(=O)NCCCO)cc1OC. The number of nitrogens with one attached hydrogen (secondary N) is 2. The molecule has 1 atom stereocenters. The van der Waals surface area contributed by atoms with Crippen LogP contribution in [0.3, 0.4) is 0 Å². The van der Waals surface area contributed by atoms with Crippen LogP contribution >= 0.6 is 0 Å². The van der Waals surface area contributed by atoms with Gasteiger partial charge in [-0.05, 0) is 30.5 Å². The van der Waals surface area contributed by atoms with Gasteiger partial charge in [-0.25, -0.2) is 8.42 Å². The van der Waals surface area contributed by atoms with Crippen molar-refractivity contribution in [2.45, 2.75) is 23.8 Å². The van der Waals surface area contributed by atoms with Crippen LogP contribution in [-0.2, 0) is 21.2 Å². The van der Waals surface area contributed by atoms with Crippen LogP contribution in [0.1, 0.15) is 12.0 Å². The normalized spacial score (nSPS) is 12.2. The van der Waals surface area contributed by atoms with E-state index in [1.165, 1.54) is 32.4 Å². The van der Waals surface area contributed by atoms with Gasteiger partial charge in [-0.3, -0.25) is 4.79 Å². The Bertz CT molecular complexity index is 902. The number of benzene rings is 2. The lowest BCUT2D eigenvalue weighted by Crippen LogP contribution is -2.48. The zero-order valence-corrected chi connectivity index (χ0v) is 17.2. The Morgan fingerprint density at radius 3 is 2.38 bits per heavy atom. The van der Waals surface area contributed by atoms with Gasteiger partial charge in [0.15, 0.2) is 11.5 Å². The van der Waals surface area contributed by atoms with Crippen molar-refractivity contribution in [1.29, 1.82) is 0 Å². The van der Waals surface area contributed by atoms with Crippen molar-refractivity contribution >= 4 is 15.9 Å². The number of rotatable bonds is 11. The summed E-state index contributed by atoms with van der Waals surface area (Å²) in [5.74, 6) is 0.197. The van der Waals surface area contributed by atoms with E-state index in [4.69, 9.17) is 14.6 Å². The Morgan fingerprint density at radius 2 is 1.76 bits per heavy atom. The van der Waals surface area contributed by atoms with Crippen LogP contribution in [0.4, 0.5) is 0 Å². The second-order valence-corrected chi connectivity index (χ2v) is 7.96. The van der Waals surface area contributed by atoms with Gasteiger partial charge in [-0.15, -0.1) is 0 Å². The van der Waals surface area contributed by atoms with Gasteiger partial charge in [0.1, 0.15) is 6.04 Å². The zero-order valence-electron chi connectivity index (χ0n) is 16.4. The highest BCUT2D eigenvalue weighted by Gasteiger charge is 2.26. The molecule has 29 heavy (non-hydrogen) atoms. The summed E-state index contributed by atoms with van der Waals surface area (Å²) in [4.78, 5) is 12.5. The first kappa shape index (κ1) is 22.7. The second kappa shape index (κ2) is 10.8. The smallest absolute Gasteiger partial charge is 0.241 e. The molecule has 9 heteroatoms. The Labute approximate surface area is 170 Å². The number of hydrogen-bond donors (Lipinski definition) is 3. The molecule has 158 valence electrons. The van der Waals surface area contributed by atoms with Gasteiger partial charge in [0.25, 0.3) is 0 Å². The van der Waals surface area contributed by atoms with E-state index in [-0.39, 0.29) is 30.2 Å². The maximum atomic E-state index is 12.9. The summed E-state index contributed by atoms with van der Waals surface area (Å²) in [7, 11) is -1.14. The number of aliphatic hydroxyl groups excluding tert-OH is 1. The molecule has 0 saturated carbocycles. The fraction of sp³-hybridized carbons (Fsp3) is 0.350. The molecule has 0 unspecified atom stereocenters. The topological polar surface area (TPSA) is 114 Å². The number of carbonyl (C=O) groups is 1. The molecule has 3 N–H and O–H groups in total. The summed E-state index contributed by atoms with van der Waals surface area (Å²) in [5.41, 5.74) is 0.810. The number of ether oxygens (including phenoxy) is 2. The fourth-order valence-electron chi connectivity index (χ4n) is 2.69. The van der Waals surface area contributed by atoms with Gasteiger partial charge >= 0.3 is 0 Å². The predicted molar refractivity (Wildman–Crippen MR) is 109 cm³/mol. The van der Waals surface area contributed by atoms with Crippen molar-refractivity contribution in [1.82, 2.24) is 10.0 Å². The van der Waals surface area contributed by atoms with Crippen molar-refractivity contribution in [3.8, 4) is 11.5 Å². The van der Waals surface area contributed by atoms with E-state index in [9.17, 15) is 13.2 Å². The van der Waals surface area contributed by atoms with Crippen LogP contribution in [-0.4, -0.2) is 52.8 Å². The zero-order chi connectivity index (χ0) is 21.3. The van der Waals surface area contributed by atoms with Gasteiger partial charge in [-0.2, -0.15) is 4.72 Å². The lowest BCUT2D eigenvalue weighted by Gasteiger charge is -2.19. The second-order valence-electron chi connectivity index (χ2n) is 6.25. The van der Waals surface area contributed by atoms with Gasteiger partial charge < -0.3 is 19.9 Å². The molecule has 0 aromatic heterocycles. The monoisotopic (exact) mass is 422 g/mol. The van der Waals surface area contributed by atoms with Crippen LogP contribution in [0.15, 0.2) is 53.4 Å².